The lowest BCUT2D eigenvalue weighted by Gasteiger charge is -2.04. The standard InChI is InChI=1S/C17H19ClN4O/c1-12-17(8-10-23)13(2)22(19-12)11-15-7-9-21(20-15)16-5-3-14(18)4-6-16/h3-7,9,23H,8,10-11H2,1-2H3. The molecule has 0 amide bonds. The number of aryl methyl sites for hydroxylation is 1. The Morgan fingerprint density at radius 2 is 1.83 bits per heavy atom. The molecule has 5 nitrogen and oxygen atoms in total. The van der Waals surface area contributed by atoms with E-state index in [9.17, 15) is 0 Å². The molecule has 0 aliphatic carbocycles. The van der Waals surface area contributed by atoms with E-state index in [0.29, 0.717) is 18.0 Å². The number of aromatic nitrogens is 4. The monoisotopic (exact) mass is 330 g/mol. The Kier molecular flexibility index (Phi) is 4.50. The number of hydrogen-bond donors (Lipinski definition) is 1. The average molecular weight is 331 g/mol. The first kappa shape index (κ1) is 15.8. The number of benzene rings is 1. The van der Waals surface area contributed by atoms with Gasteiger partial charge in [-0.1, -0.05) is 11.6 Å². The molecule has 2 aromatic heterocycles. The largest absolute Gasteiger partial charge is 0.396 e. The lowest BCUT2D eigenvalue weighted by atomic mass is 10.1. The summed E-state index contributed by atoms with van der Waals surface area (Å²) in [6, 6.07) is 9.54. The van der Waals surface area contributed by atoms with Crippen LogP contribution < -0.4 is 0 Å². The summed E-state index contributed by atoms with van der Waals surface area (Å²) < 4.78 is 3.76. The average Bonchev–Trinajstić information content (AvgIpc) is 3.09. The lowest BCUT2D eigenvalue weighted by Crippen LogP contribution is -2.06. The van der Waals surface area contributed by atoms with Gasteiger partial charge in [-0.25, -0.2) is 4.68 Å². The Labute approximate surface area is 140 Å². The van der Waals surface area contributed by atoms with Crippen molar-refractivity contribution in [3.05, 3.63) is 64.2 Å². The van der Waals surface area contributed by atoms with Gasteiger partial charge in [-0.2, -0.15) is 10.2 Å². The van der Waals surface area contributed by atoms with E-state index >= 15 is 0 Å². The van der Waals surface area contributed by atoms with Gasteiger partial charge in [-0.15, -0.1) is 0 Å². The minimum Gasteiger partial charge on any atom is -0.396 e. The molecule has 2 heterocycles. The van der Waals surface area contributed by atoms with Crippen molar-refractivity contribution in [3.8, 4) is 5.69 Å². The summed E-state index contributed by atoms with van der Waals surface area (Å²) in [5.41, 5.74) is 5.06. The fraction of sp³-hybridized carbons (Fsp3) is 0.294. The van der Waals surface area contributed by atoms with E-state index in [4.69, 9.17) is 16.7 Å². The van der Waals surface area contributed by atoms with Gasteiger partial charge in [0.1, 0.15) is 0 Å². The van der Waals surface area contributed by atoms with E-state index in [-0.39, 0.29) is 6.61 Å². The molecule has 120 valence electrons. The molecular weight excluding hydrogens is 312 g/mol. The zero-order chi connectivity index (χ0) is 16.4. The highest BCUT2D eigenvalue weighted by Crippen LogP contribution is 2.16. The summed E-state index contributed by atoms with van der Waals surface area (Å²) in [6.45, 7) is 4.75. The Morgan fingerprint density at radius 1 is 1.09 bits per heavy atom. The van der Waals surface area contributed by atoms with Crippen LogP contribution in [0.25, 0.3) is 5.69 Å². The zero-order valence-corrected chi connectivity index (χ0v) is 14.0. The van der Waals surface area contributed by atoms with Crippen LogP contribution in [0.4, 0.5) is 0 Å². The summed E-state index contributed by atoms with van der Waals surface area (Å²) in [6.07, 6.45) is 2.57. The molecule has 0 radical (unpaired) electrons. The number of aliphatic hydroxyl groups is 1. The Morgan fingerprint density at radius 3 is 2.52 bits per heavy atom. The van der Waals surface area contributed by atoms with Crippen LogP contribution >= 0.6 is 11.6 Å². The highest BCUT2D eigenvalue weighted by atomic mass is 35.5. The van der Waals surface area contributed by atoms with Crippen LogP contribution in [0.5, 0.6) is 0 Å². The third kappa shape index (κ3) is 3.30. The van der Waals surface area contributed by atoms with Gasteiger partial charge < -0.3 is 5.11 Å². The molecule has 0 saturated heterocycles. The zero-order valence-electron chi connectivity index (χ0n) is 13.2. The molecule has 3 aromatic rings. The van der Waals surface area contributed by atoms with E-state index in [0.717, 1.165) is 28.3 Å². The van der Waals surface area contributed by atoms with E-state index in [1.165, 1.54) is 0 Å². The van der Waals surface area contributed by atoms with Gasteiger partial charge in [-0.05, 0) is 56.2 Å². The molecule has 0 spiro atoms. The summed E-state index contributed by atoms with van der Waals surface area (Å²) in [5, 5.41) is 19.0. The van der Waals surface area contributed by atoms with E-state index in [1.54, 1.807) is 0 Å². The molecule has 3 rings (SSSR count). The summed E-state index contributed by atoms with van der Waals surface area (Å²) in [4.78, 5) is 0. The van der Waals surface area contributed by atoms with Gasteiger partial charge in [-0.3, -0.25) is 4.68 Å². The van der Waals surface area contributed by atoms with Gasteiger partial charge in [0.05, 0.1) is 23.6 Å². The van der Waals surface area contributed by atoms with E-state index in [2.05, 4.69) is 10.2 Å². The van der Waals surface area contributed by atoms with E-state index in [1.807, 2.05) is 59.7 Å². The molecule has 1 aromatic carbocycles. The normalized spacial score (nSPS) is 11.1. The van der Waals surface area contributed by atoms with Crippen LogP contribution in [0.1, 0.15) is 22.6 Å². The molecule has 0 aliphatic heterocycles. The highest BCUT2D eigenvalue weighted by Gasteiger charge is 2.12. The maximum atomic E-state index is 9.15. The van der Waals surface area contributed by atoms with Crippen molar-refractivity contribution in [1.82, 2.24) is 19.6 Å². The first-order valence-electron chi connectivity index (χ1n) is 7.52. The van der Waals surface area contributed by atoms with Crippen molar-refractivity contribution in [2.75, 3.05) is 6.61 Å². The van der Waals surface area contributed by atoms with Crippen LogP contribution in [0.3, 0.4) is 0 Å². The smallest absolute Gasteiger partial charge is 0.0853 e. The second-order valence-electron chi connectivity index (χ2n) is 5.51. The molecular formula is C17H19ClN4O. The fourth-order valence-corrected chi connectivity index (χ4v) is 2.82. The van der Waals surface area contributed by atoms with Crippen LogP contribution in [0.2, 0.25) is 5.02 Å². The van der Waals surface area contributed by atoms with Gasteiger partial charge in [0.2, 0.25) is 0 Å². The van der Waals surface area contributed by atoms with Crippen molar-refractivity contribution in [2.24, 2.45) is 0 Å². The molecule has 0 saturated carbocycles. The highest BCUT2D eigenvalue weighted by molar-refractivity contribution is 6.30. The minimum absolute atomic E-state index is 0.137. The summed E-state index contributed by atoms with van der Waals surface area (Å²) in [5.74, 6) is 0. The van der Waals surface area contributed by atoms with Crippen molar-refractivity contribution in [1.29, 1.82) is 0 Å². The third-order valence-electron chi connectivity index (χ3n) is 3.94. The maximum absolute atomic E-state index is 9.15. The van der Waals surface area contributed by atoms with Crippen molar-refractivity contribution >= 4 is 11.6 Å². The molecule has 0 bridgehead atoms. The molecule has 6 heteroatoms. The van der Waals surface area contributed by atoms with Gasteiger partial charge >= 0.3 is 0 Å². The first-order chi connectivity index (χ1) is 11.1. The number of aliphatic hydroxyl groups excluding tert-OH is 1. The second kappa shape index (κ2) is 6.56. The van der Waals surface area contributed by atoms with Crippen LogP contribution in [0, 0.1) is 13.8 Å². The second-order valence-corrected chi connectivity index (χ2v) is 5.95. The predicted octanol–water partition coefficient (Wildman–Crippen LogP) is 2.92. The minimum atomic E-state index is 0.137. The number of hydrogen-bond acceptors (Lipinski definition) is 3. The maximum Gasteiger partial charge on any atom is 0.0853 e. The van der Waals surface area contributed by atoms with Crippen molar-refractivity contribution < 1.29 is 5.11 Å². The number of nitrogens with zero attached hydrogens (tertiary/aromatic N) is 4. The number of halogens is 1. The van der Waals surface area contributed by atoms with Crippen molar-refractivity contribution in [3.63, 3.8) is 0 Å². The quantitative estimate of drug-likeness (QED) is 0.782. The predicted molar refractivity (Wildman–Crippen MR) is 90.2 cm³/mol. The summed E-state index contributed by atoms with van der Waals surface area (Å²) in [7, 11) is 0. The number of rotatable bonds is 5. The first-order valence-corrected chi connectivity index (χ1v) is 7.90. The van der Waals surface area contributed by atoms with Crippen molar-refractivity contribution in [2.45, 2.75) is 26.8 Å². The van der Waals surface area contributed by atoms with E-state index < -0.39 is 0 Å². The lowest BCUT2D eigenvalue weighted by molar-refractivity contribution is 0.299. The molecule has 1 N–H and O–H groups in total. The fourth-order valence-electron chi connectivity index (χ4n) is 2.70. The van der Waals surface area contributed by atoms with Crippen LogP contribution in [-0.4, -0.2) is 31.3 Å². The van der Waals surface area contributed by atoms with Gasteiger partial charge in [0.15, 0.2) is 0 Å². The Bertz CT molecular complexity index is 805. The SMILES string of the molecule is Cc1nn(Cc2ccn(-c3ccc(Cl)cc3)n2)c(C)c1CCO. The van der Waals surface area contributed by atoms with Crippen LogP contribution in [0.15, 0.2) is 36.5 Å². The molecule has 23 heavy (non-hydrogen) atoms. The molecule has 0 aliphatic rings. The molecule has 0 atom stereocenters. The van der Waals surface area contributed by atoms with Crippen LogP contribution in [-0.2, 0) is 13.0 Å². The topological polar surface area (TPSA) is 55.9 Å². The molecule has 0 unspecified atom stereocenters. The summed E-state index contributed by atoms with van der Waals surface area (Å²) >= 11 is 5.91. The molecule has 0 fully saturated rings. The Balaban J connectivity index is 1.82. The Hall–Kier alpha value is -2.11. The van der Waals surface area contributed by atoms with Gasteiger partial charge in [0, 0.05) is 23.5 Å². The third-order valence-corrected chi connectivity index (χ3v) is 4.19. The van der Waals surface area contributed by atoms with Gasteiger partial charge in [0.25, 0.3) is 0 Å².